The SMILES string of the molecule is O=C(c1ccccc1)c1n[nH]nc1Br. The number of H-pyrrole nitrogens is 1. The molecule has 1 aromatic carbocycles. The Morgan fingerprint density at radius 3 is 2.50 bits per heavy atom. The maximum absolute atomic E-state index is 11.8. The molecule has 1 heterocycles. The van der Waals surface area contributed by atoms with Gasteiger partial charge in [0.25, 0.3) is 0 Å². The zero-order valence-corrected chi connectivity index (χ0v) is 8.65. The Kier molecular flexibility index (Phi) is 2.41. The number of hydrogen-bond acceptors (Lipinski definition) is 3. The van der Waals surface area contributed by atoms with Gasteiger partial charge in [-0.2, -0.15) is 10.3 Å². The Morgan fingerprint density at radius 1 is 1.21 bits per heavy atom. The van der Waals surface area contributed by atoms with Crippen LogP contribution in [0.2, 0.25) is 0 Å². The summed E-state index contributed by atoms with van der Waals surface area (Å²) in [5.74, 6) is -0.147. The fourth-order valence-electron chi connectivity index (χ4n) is 1.09. The number of aromatic nitrogens is 3. The van der Waals surface area contributed by atoms with Crippen LogP contribution in [-0.4, -0.2) is 21.2 Å². The standard InChI is InChI=1S/C9H6BrN3O/c10-9-7(11-13-12-9)8(14)6-4-2-1-3-5-6/h1-5H,(H,11,12,13). The minimum atomic E-state index is -0.147. The summed E-state index contributed by atoms with van der Waals surface area (Å²) in [6.07, 6.45) is 0. The van der Waals surface area contributed by atoms with Crippen molar-refractivity contribution in [2.75, 3.05) is 0 Å². The molecule has 0 aliphatic rings. The van der Waals surface area contributed by atoms with E-state index in [2.05, 4.69) is 31.3 Å². The summed E-state index contributed by atoms with van der Waals surface area (Å²) in [4.78, 5) is 11.8. The summed E-state index contributed by atoms with van der Waals surface area (Å²) >= 11 is 3.14. The fraction of sp³-hybridized carbons (Fsp3) is 0. The predicted molar refractivity (Wildman–Crippen MR) is 54.0 cm³/mol. The van der Waals surface area contributed by atoms with Gasteiger partial charge in [-0.25, -0.2) is 0 Å². The van der Waals surface area contributed by atoms with E-state index >= 15 is 0 Å². The van der Waals surface area contributed by atoms with Crippen molar-refractivity contribution in [1.82, 2.24) is 15.4 Å². The van der Waals surface area contributed by atoms with Crippen LogP contribution in [0.15, 0.2) is 34.9 Å². The second-order valence-corrected chi connectivity index (χ2v) is 3.41. The Morgan fingerprint density at radius 2 is 1.93 bits per heavy atom. The van der Waals surface area contributed by atoms with Crippen molar-refractivity contribution in [3.05, 3.63) is 46.2 Å². The van der Waals surface area contributed by atoms with Gasteiger partial charge in [0.1, 0.15) is 0 Å². The average Bonchev–Trinajstić information content (AvgIpc) is 2.65. The summed E-state index contributed by atoms with van der Waals surface area (Å²) in [5.41, 5.74) is 0.901. The van der Waals surface area contributed by atoms with Crippen molar-refractivity contribution < 1.29 is 4.79 Å². The number of halogens is 1. The maximum Gasteiger partial charge on any atom is 0.216 e. The van der Waals surface area contributed by atoms with Crippen LogP contribution in [0.3, 0.4) is 0 Å². The number of carbonyl (C=O) groups excluding carboxylic acids is 1. The molecule has 0 radical (unpaired) electrons. The molecule has 0 saturated heterocycles. The van der Waals surface area contributed by atoms with E-state index in [0.29, 0.717) is 15.9 Å². The zero-order chi connectivity index (χ0) is 9.97. The van der Waals surface area contributed by atoms with Crippen molar-refractivity contribution in [2.24, 2.45) is 0 Å². The van der Waals surface area contributed by atoms with Gasteiger partial charge in [0.05, 0.1) is 0 Å². The molecule has 0 saturated carbocycles. The first-order valence-corrected chi connectivity index (χ1v) is 4.74. The van der Waals surface area contributed by atoms with Crippen LogP contribution in [0, 0.1) is 0 Å². The lowest BCUT2D eigenvalue weighted by Crippen LogP contribution is -2.02. The highest BCUT2D eigenvalue weighted by Gasteiger charge is 2.15. The zero-order valence-electron chi connectivity index (χ0n) is 7.07. The van der Waals surface area contributed by atoms with E-state index < -0.39 is 0 Å². The second-order valence-electron chi connectivity index (χ2n) is 2.66. The molecule has 0 bridgehead atoms. The molecule has 0 aliphatic heterocycles. The number of nitrogens with one attached hydrogen (secondary N) is 1. The minimum Gasteiger partial charge on any atom is -0.287 e. The first-order chi connectivity index (χ1) is 6.79. The number of nitrogens with zero attached hydrogens (tertiary/aromatic N) is 2. The van der Waals surface area contributed by atoms with E-state index in [9.17, 15) is 4.79 Å². The molecular formula is C9H6BrN3O. The van der Waals surface area contributed by atoms with Crippen molar-refractivity contribution in [1.29, 1.82) is 0 Å². The van der Waals surface area contributed by atoms with Gasteiger partial charge < -0.3 is 0 Å². The lowest BCUT2D eigenvalue weighted by Gasteiger charge is -1.95. The highest BCUT2D eigenvalue weighted by Crippen LogP contribution is 2.14. The quantitative estimate of drug-likeness (QED) is 0.829. The Hall–Kier alpha value is -1.49. The van der Waals surface area contributed by atoms with Crippen LogP contribution < -0.4 is 0 Å². The van der Waals surface area contributed by atoms with Crippen molar-refractivity contribution in [3.63, 3.8) is 0 Å². The third-order valence-corrected chi connectivity index (χ3v) is 2.31. The lowest BCUT2D eigenvalue weighted by molar-refractivity contribution is 0.103. The number of benzene rings is 1. The molecule has 2 aromatic rings. The number of hydrogen-bond donors (Lipinski definition) is 1. The minimum absolute atomic E-state index is 0.147. The smallest absolute Gasteiger partial charge is 0.216 e. The Bertz CT molecular complexity index is 452. The highest BCUT2D eigenvalue weighted by atomic mass is 79.9. The predicted octanol–water partition coefficient (Wildman–Crippen LogP) is 1.80. The van der Waals surface area contributed by atoms with Gasteiger partial charge in [-0.15, -0.1) is 5.10 Å². The number of carbonyl (C=O) groups is 1. The Balaban J connectivity index is 2.39. The van der Waals surface area contributed by atoms with Crippen molar-refractivity contribution in [2.45, 2.75) is 0 Å². The molecular weight excluding hydrogens is 246 g/mol. The monoisotopic (exact) mass is 251 g/mol. The number of rotatable bonds is 2. The molecule has 1 N–H and O–H groups in total. The molecule has 4 nitrogen and oxygen atoms in total. The molecule has 14 heavy (non-hydrogen) atoms. The lowest BCUT2D eigenvalue weighted by atomic mass is 10.1. The third kappa shape index (κ3) is 1.58. The van der Waals surface area contributed by atoms with Crippen molar-refractivity contribution >= 4 is 21.7 Å². The van der Waals surface area contributed by atoms with E-state index in [1.165, 1.54) is 0 Å². The molecule has 5 heteroatoms. The Labute approximate surface area is 88.5 Å². The molecule has 70 valence electrons. The number of aromatic amines is 1. The van der Waals surface area contributed by atoms with Crippen LogP contribution >= 0.6 is 15.9 Å². The maximum atomic E-state index is 11.8. The summed E-state index contributed by atoms with van der Waals surface area (Å²) < 4.78 is 0.436. The van der Waals surface area contributed by atoms with E-state index in [0.717, 1.165) is 0 Å². The van der Waals surface area contributed by atoms with E-state index in [1.807, 2.05) is 6.07 Å². The van der Waals surface area contributed by atoms with E-state index in [-0.39, 0.29) is 5.78 Å². The van der Waals surface area contributed by atoms with Gasteiger partial charge in [-0.1, -0.05) is 30.3 Å². The van der Waals surface area contributed by atoms with Crippen LogP contribution in [0.1, 0.15) is 16.1 Å². The molecule has 0 amide bonds. The summed E-state index contributed by atoms with van der Waals surface area (Å²) in [5, 5.41) is 9.86. The summed E-state index contributed by atoms with van der Waals surface area (Å²) in [6, 6.07) is 8.95. The van der Waals surface area contributed by atoms with Crippen LogP contribution in [0.4, 0.5) is 0 Å². The van der Waals surface area contributed by atoms with Gasteiger partial charge >= 0.3 is 0 Å². The normalized spacial score (nSPS) is 10.1. The van der Waals surface area contributed by atoms with Gasteiger partial charge in [0, 0.05) is 5.56 Å². The van der Waals surface area contributed by atoms with E-state index in [4.69, 9.17) is 0 Å². The van der Waals surface area contributed by atoms with Crippen LogP contribution in [-0.2, 0) is 0 Å². The van der Waals surface area contributed by atoms with Gasteiger partial charge in [0.2, 0.25) is 5.78 Å². The second kappa shape index (κ2) is 3.71. The third-order valence-electron chi connectivity index (χ3n) is 1.76. The molecule has 0 atom stereocenters. The first kappa shape index (κ1) is 9.08. The highest BCUT2D eigenvalue weighted by molar-refractivity contribution is 9.10. The van der Waals surface area contributed by atoms with Crippen LogP contribution in [0.5, 0.6) is 0 Å². The van der Waals surface area contributed by atoms with E-state index in [1.54, 1.807) is 24.3 Å². The molecule has 0 unspecified atom stereocenters. The average molecular weight is 252 g/mol. The van der Waals surface area contributed by atoms with Crippen LogP contribution in [0.25, 0.3) is 0 Å². The molecule has 1 aromatic heterocycles. The fourth-order valence-corrected chi connectivity index (χ4v) is 1.44. The van der Waals surface area contributed by atoms with Crippen molar-refractivity contribution in [3.8, 4) is 0 Å². The number of ketones is 1. The van der Waals surface area contributed by atoms with Gasteiger partial charge in [-0.3, -0.25) is 4.79 Å². The molecule has 2 rings (SSSR count). The van der Waals surface area contributed by atoms with Gasteiger partial charge in [-0.05, 0) is 15.9 Å². The topological polar surface area (TPSA) is 58.6 Å². The van der Waals surface area contributed by atoms with Gasteiger partial charge in [0.15, 0.2) is 10.3 Å². The largest absolute Gasteiger partial charge is 0.287 e. The molecule has 0 spiro atoms. The molecule has 0 aliphatic carbocycles. The molecule has 0 fully saturated rings. The summed E-state index contributed by atoms with van der Waals surface area (Å²) in [7, 11) is 0. The first-order valence-electron chi connectivity index (χ1n) is 3.95. The summed E-state index contributed by atoms with van der Waals surface area (Å²) in [6.45, 7) is 0.